The fourth-order valence-corrected chi connectivity index (χ4v) is 9.52. The number of hydrogen-bond donors (Lipinski definition) is 0. The van der Waals surface area contributed by atoms with Gasteiger partial charge in [0.25, 0.3) is 0 Å². The van der Waals surface area contributed by atoms with Crippen LogP contribution in [0.3, 0.4) is 0 Å². The van der Waals surface area contributed by atoms with Crippen molar-refractivity contribution in [3.8, 4) is 55.6 Å². The summed E-state index contributed by atoms with van der Waals surface area (Å²) in [4.78, 5) is 2.48. The molecule has 0 aliphatic heterocycles. The largest absolute Gasteiger partial charge is 0.310 e. The molecule has 0 aromatic heterocycles. The molecule has 2 aliphatic carbocycles. The third-order valence-electron chi connectivity index (χ3n) is 12.3. The molecule has 0 N–H and O–H groups in total. The summed E-state index contributed by atoms with van der Waals surface area (Å²) in [6, 6.07) is 69.4. The molecule has 0 saturated heterocycles. The van der Waals surface area contributed by atoms with E-state index in [2.05, 4.69) is 221 Å². The van der Waals surface area contributed by atoms with Crippen LogP contribution < -0.4 is 4.90 Å². The average molecular weight is 706 g/mol. The molecule has 0 saturated carbocycles. The quantitative estimate of drug-likeness (QED) is 0.166. The number of para-hydroxylation sites is 1. The molecule has 8 aromatic rings. The Kier molecular flexibility index (Phi) is 7.58. The molecule has 8 aromatic carbocycles. The summed E-state index contributed by atoms with van der Waals surface area (Å²) in [6.07, 6.45) is 0. The normalized spacial score (nSPS) is 14.1. The Morgan fingerprint density at radius 1 is 0.309 bits per heavy atom. The van der Waals surface area contributed by atoms with Crippen molar-refractivity contribution in [3.05, 3.63) is 210 Å². The molecule has 1 nitrogen and oxygen atoms in total. The van der Waals surface area contributed by atoms with Crippen LogP contribution in [0.2, 0.25) is 0 Å². The van der Waals surface area contributed by atoms with Gasteiger partial charge in [-0.15, -0.1) is 0 Å². The summed E-state index contributed by atoms with van der Waals surface area (Å²) in [6.45, 7) is 9.50. The molecule has 0 spiro atoms. The highest BCUT2D eigenvalue weighted by Gasteiger charge is 2.39. The first kappa shape index (κ1) is 33.2. The lowest BCUT2D eigenvalue weighted by molar-refractivity contribution is 0.660. The van der Waals surface area contributed by atoms with E-state index in [1.54, 1.807) is 0 Å². The van der Waals surface area contributed by atoms with Gasteiger partial charge in [0.15, 0.2) is 0 Å². The van der Waals surface area contributed by atoms with E-state index in [1.165, 1.54) is 77.9 Å². The van der Waals surface area contributed by atoms with Gasteiger partial charge in [-0.3, -0.25) is 0 Å². The molecule has 0 amide bonds. The number of anilines is 3. The minimum atomic E-state index is -0.137. The average Bonchev–Trinajstić information content (AvgIpc) is 3.61. The fourth-order valence-electron chi connectivity index (χ4n) is 9.52. The van der Waals surface area contributed by atoms with Crippen molar-refractivity contribution in [2.45, 2.75) is 38.5 Å². The van der Waals surface area contributed by atoms with Crippen LogP contribution in [0.5, 0.6) is 0 Å². The van der Waals surface area contributed by atoms with E-state index in [0.717, 1.165) is 17.1 Å². The number of fused-ring (bicyclic) bond motifs is 6. The van der Waals surface area contributed by atoms with Gasteiger partial charge in [0.2, 0.25) is 0 Å². The third kappa shape index (κ3) is 5.22. The van der Waals surface area contributed by atoms with Crippen LogP contribution >= 0.6 is 0 Å². The van der Waals surface area contributed by atoms with Crippen LogP contribution in [0, 0.1) is 0 Å². The van der Waals surface area contributed by atoms with E-state index in [4.69, 9.17) is 0 Å². The van der Waals surface area contributed by atoms with Crippen LogP contribution in [-0.2, 0) is 10.8 Å². The van der Waals surface area contributed by atoms with Gasteiger partial charge < -0.3 is 4.90 Å². The number of nitrogens with zero attached hydrogens (tertiary/aromatic N) is 1. The van der Waals surface area contributed by atoms with Crippen LogP contribution in [0.15, 0.2) is 188 Å². The van der Waals surface area contributed by atoms with Crippen LogP contribution in [0.4, 0.5) is 17.1 Å². The molecule has 2 aliphatic rings. The maximum absolute atomic E-state index is 2.48. The first-order valence-corrected chi connectivity index (χ1v) is 19.4. The molecule has 264 valence electrons. The minimum Gasteiger partial charge on any atom is -0.310 e. The Morgan fingerprint density at radius 2 is 0.745 bits per heavy atom. The minimum absolute atomic E-state index is 0.112. The van der Waals surface area contributed by atoms with E-state index in [-0.39, 0.29) is 10.8 Å². The smallest absolute Gasteiger partial charge is 0.0540 e. The van der Waals surface area contributed by atoms with Gasteiger partial charge in [0, 0.05) is 27.8 Å². The zero-order chi connectivity index (χ0) is 37.3. The van der Waals surface area contributed by atoms with Crippen LogP contribution in [0.25, 0.3) is 55.6 Å². The number of rotatable bonds is 6. The van der Waals surface area contributed by atoms with E-state index < -0.39 is 0 Å². The van der Waals surface area contributed by atoms with Crippen molar-refractivity contribution in [2.75, 3.05) is 4.90 Å². The Labute approximate surface area is 325 Å². The van der Waals surface area contributed by atoms with E-state index in [9.17, 15) is 0 Å². The molecule has 0 unspecified atom stereocenters. The fraction of sp³-hybridized carbons (Fsp3) is 0.111. The van der Waals surface area contributed by atoms with Gasteiger partial charge >= 0.3 is 0 Å². The van der Waals surface area contributed by atoms with Crippen LogP contribution in [0.1, 0.15) is 49.9 Å². The van der Waals surface area contributed by atoms with Crippen molar-refractivity contribution in [3.63, 3.8) is 0 Å². The first-order valence-electron chi connectivity index (χ1n) is 19.4. The van der Waals surface area contributed by atoms with Gasteiger partial charge in [-0.1, -0.05) is 185 Å². The van der Waals surface area contributed by atoms with Gasteiger partial charge in [0.1, 0.15) is 0 Å². The zero-order valence-corrected chi connectivity index (χ0v) is 31.8. The molecule has 0 fully saturated rings. The summed E-state index contributed by atoms with van der Waals surface area (Å²) >= 11 is 0. The predicted molar refractivity (Wildman–Crippen MR) is 233 cm³/mol. The lowest BCUT2D eigenvalue weighted by Gasteiger charge is -2.31. The highest BCUT2D eigenvalue weighted by Crippen LogP contribution is 2.55. The lowest BCUT2D eigenvalue weighted by atomic mass is 9.78. The second kappa shape index (κ2) is 12.6. The Bertz CT molecular complexity index is 2730. The van der Waals surface area contributed by atoms with E-state index in [0.29, 0.717) is 0 Å². The van der Waals surface area contributed by atoms with E-state index in [1.807, 2.05) is 0 Å². The highest BCUT2D eigenvalue weighted by molar-refractivity contribution is 5.95. The SMILES string of the molecule is CC1(C)c2ccccc2-c2ccc(N(c3ccc(-c4ccc(-c5ccccc5)cc4)cc3)c3ccccc3-c3cccc4c3C(C)(C)c3ccccc3-4)cc21. The zero-order valence-electron chi connectivity index (χ0n) is 31.8. The molecular formula is C54H43N. The van der Waals surface area contributed by atoms with Crippen LogP contribution in [-0.4, -0.2) is 0 Å². The molecule has 0 atom stereocenters. The van der Waals surface area contributed by atoms with Crippen molar-refractivity contribution < 1.29 is 0 Å². The molecule has 1 heteroatoms. The topological polar surface area (TPSA) is 3.24 Å². The number of hydrogen-bond acceptors (Lipinski definition) is 1. The summed E-state index contributed by atoms with van der Waals surface area (Å²) in [5.41, 5.74) is 21.4. The highest BCUT2D eigenvalue weighted by atomic mass is 15.1. The van der Waals surface area contributed by atoms with Crippen molar-refractivity contribution in [1.29, 1.82) is 0 Å². The van der Waals surface area contributed by atoms with Gasteiger partial charge in [-0.05, 0) is 103 Å². The monoisotopic (exact) mass is 705 g/mol. The second-order valence-corrected chi connectivity index (χ2v) is 16.1. The molecule has 10 rings (SSSR count). The maximum atomic E-state index is 2.48. The van der Waals surface area contributed by atoms with E-state index >= 15 is 0 Å². The third-order valence-corrected chi connectivity index (χ3v) is 12.3. The van der Waals surface area contributed by atoms with Gasteiger partial charge in [-0.25, -0.2) is 0 Å². The van der Waals surface area contributed by atoms with Gasteiger partial charge in [0.05, 0.1) is 5.69 Å². The molecule has 55 heavy (non-hydrogen) atoms. The predicted octanol–water partition coefficient (Wildman–Crippen LogP) is 14.8. The maximum Gasteiger partial charge on any atom is 0.0540 e. The second-order valence-electron chi connectivity index (χ2n) is 16.1. The Balaban J connectivity index is 1.13. The first-order chi connectivity index (χ1) is 26.8. The summed E-state index contributed by atoms with van der Waals surface area (Å²) < 4.78 is 0. The number of benzene rings is 8. The van der Waals surface area contributed by atoms with Crippen molar-refractivity contribution >= 4 is 17.1 Å². The molecular weight excluding hydrogens is 663 g/mol. The summed E-state index contributed by atoms with van der Waals surface area (Å²) in [5, 5.41) is 0. The Hall–Kier alpha value is -6.44. The summed E-state index contributed by atoms with van der Waals surface area (Å²) in [5.74, 6) is 0. The molecule has 0 radical (unpaired) electrons. The Morgan fingerprint density at radius 3 is 1.40 bits per heavy atom. The molecule has 0 bridgehead atoms. The van der Waals surface area contributed by atoms with Gasteiger partial charge in [-0.2, -0.15) is 0 Å². The van der Waals surface area contributed by atoms with Crippen molar-refractivity contribution in [1.82, 2.24) is 0 Å². The summed E-state index contributed by atoms with van der Waals surface area (Å²) in [7, 11) is 0. The standard InChI is InChI=1S/C54H43N/c1-53(2)48-22-11-8-17-42(48)44-34-33-41(35-50(44)53)55(40-31-29-39(30-32-40)38-27-25-37(26-28-38)36-15-6-5-7-16-36)51-24-13-10-19-45(51)47-21-14-20-46-43-18-9-12-23-49(43)54(3,4)52(46)47/h5-35H,1-4H3. The lowest BCUT2D eigenvalue weighted by Crippen LogP contribution is -2.18. The van der Waals surface area contributed by atoms with Crippen molar-refractivity contribution in [2.24, 2.45) is 0 Å². The molecule has 0 heterocycles.